The van der Waals surface area contributed by atoms with Gasteiger partial charge < -0.3 is 20.3 Å². The summed E-state index contributed by atoms with van der Waals surface area (Å²) in [5, 5.41) is 5.74. The van der Waals surface area contributed by atoms with Crippen LogP contribution >= 0.6 is 0 Å². The number of rotatable bonds is 7. The minimum Gasteiger partial charge on any atom is -0.435 e. The highest BCUT2D eigenvalue weighted by Gasteiger charge is 2.19. The first-order valence-electron chi connectivity index (χ1n) is 9.00. The average Bonchev–Trinajstić information content (AvgIpc) is 3.22. The summed E-state index contributed by atoms with van der Waals surface area (Å²) in [5.74, 6) is -0.411. The maximum Gasteiger partial charge on any atom is 0.387 e. The Morgan fingerprint density at radius 1 is 1.04 bits per heavy atom. The van der Waals surface area contributed by atoms with Crippen molar-refractivity contribution in [1.29, 1.82) is 0 Å². The van der Waals surface area contributed by atoms with Crippen LogP contribution in [0.15, 0.2) is 48.5 Å². The van der Waals surface area contributed by atoms with Gasteiger partial charge in [0.2, 0.25) is 5.91 Å². The number of hydrogen-bond acceptors (Lipinski definition) is 4. The summed E-state index contributed by atoms with van der Waals surface area (Å²) < 4.78 is 28.8. The lowest BCUT2D eigenvalue weighted by atomic mass is 10.1. The molecule has 2 amide bonds. The van der Waals surface area contributed by atoms with Crippen LogP contribution in [0, 0.1) is 0 Å². The summed E-state index contributed by atoms with van der Waals surface area (Å²) in [6, 6.07) is 12.8. The highest BCUT2D eigenvalue weighted by molar-refractivity contribution is 6.01. The van der Waals surface area contributed by atoms with Crippen LogP contribution in [0.3, 0.4) is 0 Å². The second kappa shape index (κ2) is 9.16. The molecule has 1 aliphatic heterocycles. The van der Waals surface area contributed by atoms with E-state index in [1.54, 1.807) is 41.3 Å². The number of carbonyl (C=O) groups excluding carboxylic acids is 2. The lowest BCUT2D eigenvalue weighted by Gasteiger charge is -2.16. The number of benzene rings is 2. The van der Waals surface area contributed by atoms with E-state index in [4.69, 9.17) is 0 Å². The van der Waals surface area contributed by atoms with E-state index in [1.165, 1.54) is 12.1 Å². The summed E-state index contributed by atoms with van der Waals surface area (Å²) in [7, 11) is 0. The molecule has 1 heterocycles. The molecule has 3 rings (SSSR count). The van der Waals surface area contributed by atoms with Gasteiger partial charge >= 0.3 is 6.61 Å². The molecule has 8 heteroatoms. The molecule has 1 fully saturated rings. The summed E-state index contributed by atoms with van der Waals surface area (Å²) >= 11 is 0. The average molecular weight is 389 g/mol. The van der Waals surface area contributed by atoms with Crippen molar-refractivity contribution < 1.29 is 23.1 Å². The molecule has 2 aromatic carbocycles. The van der Waals surface area contributed by atoms with Crippen molar-refractivity contribution in [3.05, 3.63) is 54.1 Å². The summed E-state index contributed by atoms with van der Waals surface area (Å²) in [5.41, 5.74) is 1.52. The number of nitrogens with one attached hydrogen (secondary N) is 2. The number of para-hydroxylation sites is 1. The highest BCUT2D eigenvalue weighted by Crippen LogP contribution is 2.23. The van der Waals surface area contributed by atoms with Gasteiger partial charge in [-0.1, -0.05) is 12.1 Å². The van der Waals surface area contributed by atoms with Crippen molar-refractivity contribution in [3.63, 3.8) is 0 Å². The zero-order valence-electron chi connectivity index (χ0n) is 15.2. The highest BCUT2D eigenvalue weighted by atomic mass is 19.3. The molecule has 1 saturated heterocycles. The zero-order valence-corrected chi connectivity index (χ0v) is 15.2. The molecule has 0 saturated carbocycles. The molecule has 1 aliphatic rings. The van der Waals surface area contributed by atoms with Crippen molar-refractivity contribution in [2.75, 3.05) is 25.0 Å². The van der Waals surface area contributed by atoms with Crippen molar-refractivity contribution >= 4 is 23.2 Å². The topological polar surface area (TPSA) is 70.7 Å². The normalized spacial score (nSPS) is 13.5. The lowest BCUT2D eigenvalue weighted by molar-refractivity contribution is -0.129. The Labute approximate surface area is 161 Å². The number of halogens is 2. The van der Waals surface area contributed by atoms with Crippen LogP contribution in [-0.4, -0.2) is 43.0 Å². The van der Waals surface area contributed by atoms with Gasteiger partial charge in [0.15, 0.2) is 0 Å². The number of ether oxygens (including phenoxy) is 1. The van der Waals surface area contributed by atoms with Gasteiger partial charge in [-0.15, -0.1) is 0 Å². The first kappa shape index (κ1) is 19.6. The number of anilines is 2. The van der Waals surface area contributed by atoms with Crippen LogP contribution in [-0.2, 0) is 4.79 Å². The Kier molecular flexibility index (Phi) is 6.41. The third-order valence-electron chi connectivity index (χ3n) is 4.39. The fourth-order valence-electron chi connectivity index (χ4n) is 2.99. The molecular weight excluding hydrogens is 368 g/mol. The molecule has 6 nitrogen and oxygen atoms in total. The van der Waals surface area contributed by atoms with E-state index in [2.05, 4.69) is 15.4 Å². The number of nitrogens with zero attached hydrogens (tertiary/aromatic N) is 1. The van der Waals surface area contributed by atoms with Crippen LogP contribution in [0.1, 0.15) is 23.2 Å². The third kappa shape index (κ3) is 5.18. The Morgan fingerprint density at radius 2 is 1.71 bits per heavy atom. The van der Waals surface area contributed by atoms with E-state index in [9.17, 15) is 18.4 Å². The smallest absolute Gasteiger partial charge is 0.387 e. The molecule has 0 bridgehead atoms. The number of carbonyl (C=O) groups is 2. The predicted molar refractivity (Wildman–Crippen MR) is 101 cm³/mol. The quantitative estimate of drug-likeness (QED) is 0.762. The second-order valence-corrected chi connectivity index (χ2v) is 6.34. The van der Waals surface area contributed by atoms with E-state index in [-0.39, 0.29) is 24.1 Å². The Balaban J connectivity index is 1.63. The summed E-state index contributed by atoms with van der Waals surface area (Å²) in [6.45, 7) is -1.46. The molecule has 148 valence electrons. The van der Waals surface area contributed by atoms with Gasteiger partial charge in [0, 0.05) is 18.8 Å². The van der Waals surface area contributed by atoms with Gasteiger partial charge in [0.1, 0.15) is 5.75 Å². The fourth-order valence-corrected chi connectivity index (χ4v) is 2.99. The molecule has 2 aromatic rings. The van der Waals surface area contributed by atoms with Gasteiger partial charge in [-0.3, -0.25) is 9.59 Å². The molecule has 0 aromatic heterocycles. The minimum atomic E-state index is -2.88. The lowest BCUT2D eigenvalue weighted by Crippen LogP contribution is -2.38. The maximum atomic E-state index is 12.5. The van der Waals surface area contributed by atoms with Gasteiger partial charge in [-0.05, 0) is 49.2 Å². The second-order valence-electron chi connectivity index (χ2n) is 6.34. The van der Waals surface area contributed by atoms with Gasteiger partial charge in [-0.2, -0.15) is 8.78 Å². The molecule has 0 radical (unpaired) electrons. The van der Waals surface area contributed by atoms with Crippen LogP contribution < -0.4 is 15.4 Å². The number of likely N-dealkylation sites (tertiary alicyclic amines) is 1. The zero-order chi connectivity index (χ0) is 19.9. The van der Waals surface area contributed by atoms with E-state index >= 15 is 0 Å². The van der Waals surface area contributed by atoms with Gasteiger partial charge in [-0.25, -0.2) is 0 Å². The number of amides is 2. The largest absolute Gasteiger partial charge is 0.435 e. The third-order valence-corrected chi connectivity index (χ3v) is 4.39. The Morgan fingerprint density at radius 3 is 2.39 bits per heavy atom. The minimum absolute atomic E-state index is 0.0482. The number of hydrogen-bond donors (Lipinski definition) is 2. The molecule has 0 spiro atoms. The van der Waals surface area contributed by atoms with Gasteiger partial charge in [0.25, 0.3) is 5.91 Å². The molecule has 0 unspecified atom stereocenters. The first-order valence-corrected chi connectivity index (χ1v) is 9.00. The van der Waals surface area contributed by atoms with E-state index in [1.807, 2.05) is 0 Å². The fraction of sp³-hybridized carbons (Fsp3) is 0.300. The molecule has 2 N–H and O–H groups in total. The molecule has 0 atom stereocenters. The maximum absolute atomic E-state index is 12.5. The Bertz CT molecular complexity index is 822. The van der Waals surface area contributed by atoms with E-state index < -0.39 is 6.61 Å². The predicted octanol–water partition coefficient (Wildman–Crippen LogP) is 3.38. The van der Waals surface area contributed by atoms with Crippen LogP contribution in [0.25, 0.3) is 0 Å². The summed E-state index contributed by atoms with van der Waals surface area (Å²) in [6.07, 6.45) is 1.99. The monoisotopic (exact) mass is 389 g/mol. The molecular formula is C20H21F2N3O3. The van der Waals surface area contributed by atoms with Crippen LogP contribution in [0.5, 0.6) is 5.75 Å². The summed E-state index contributed by atoms with van der Waals surface area (Å²) in [4.78, 5) is 26.4. The van der Waals surface area contributed by atoms with Gasteiger partial charge in [0.05, 0.1) is 17.8 Å². The van der Waals surface area contributed by atoms with E-state index in [0.717, 1.165) is 25.9 Å². The van der Waals surface area contributed by atoms with Crippen molar-refractivity contribution in [2.24, 2.45) is 0 Å². The van der Waals surface area contributed by atoms with Crippen LogP contribution in [0.4, 0.5) is 20.2 Å². The van der Waals surface area contributed by atoms with Crippen molar-refractivity contribution in [1.82, 2.24) is 10.2 Å². The Hall–Kier alpha value is -3.16. The van der Waals surface area contributed by atoms with Crippen molar-refractivity contribution in [2.45, 2.75) is 19.5 Å². The molecule has 0 aliphatic carbocycles. The number of alkyl halides is 2. The van der Waals surface area contributed by atoms with E-state index in [0.29, 0.717) is 16.9 Å². The SMILES string of the molecule is O=C(NCC(=O)N1CCCC1)c1ccccc1Nc1ccc(OC(F)F)cc1. The standard InChI is InChI=1S/C20H21F2N3O3/c21-20(22)28-15-9-7-14(8-10-15)24-17-6-2-1-5-16(17)19(27)23-13-18(26)25-11-3-4-12-25/h1-2,5-10,20,24H,3-4,11-13H2,(H,23,27). The first-order chi connectivity index (χ1) is 13.5. The molecule has 28 heavy (non-hydrogen) atoms. The van der Waals surface area contributed by atoms with Crippen LogP contribution in [0.2, 0.25) is 0 Å². The van der Waals surface area contributed by atoms with Crippen molar-refractivity contribution in [3.8, 4) is 5.75 Å².